The minimum atomic E-state index is -4.78. The Morgan fingerprint density at radius 3 is 2.76 bits per heavy atom. The van der Waals surface area contributed by atoms with Gasteiger partial charge in [-0.15, -0.1) is 0 Å². The number of fused-ring (bicyclic) bond motifs is 1. The van der Waals surface area contributed by atoms with Gasteiger partial charge in [-0.05, 0) is 37.1 Å². The molecule has 1 aliphatic carbocycles. The molecule has 6 heteroatoms. The molecule has 1 heterocycles. The van der Waals surface area contributed by atoms with Crippen LogP contribution in [0.1, 0.15) is 19.8 Å². The van der Waals surface area contributed by atoms with Gasteiger partial charge in [-0.25, -0.2) is 0 Å². The number of carbonyl (C=O) groups is 1. The number of carbonyl (C=O) groups excluding carboxylic acids is 1. The van der Waals surface area contributed by atoms with E-state index in [-0.39, 0.29) is 12.6 Å². The Kier molecular flexibility index (Phi) is 3.34. The van der Waals surface area contributed by atoms with E-state index in [1.165, 1.54) is 0 Å². The fourth-order valence-electron chi connectivity index (χ4n) is 3.15. The van der Waals surface area contributed by atoms with Crippen molar-refractivity contribution in [1.82, 2.24) is 10.6 Å². The highest BCUT2D eigenvalue weighted by atomic mass is 19.4. The lowest BCUT2D eigenvalue weighted by Crippen LogP contribution is -2.45. The fraction of sp³-hybridized carbons (Fsp3) is 0.909. The van der Waals surface area contributed by atoms with Gasteiger partial charge in [-0.2, -0.15) is 13.2 Å². The highest BCUT2D eigenvalue weighted by Crippen LogP contribution is 2.40. The zero-order valence-corrected chi connectivity index (χ0v) is 9.68. The number of rotatable bonds is 2. The van der Waals surface area contributed by atoms with Crippen molar-refractivity contribution < 1.29 is 18.0 Å². The third kappa shape index (κ3) is 2.73. The van der Waals surface area contributed by atoms with Crippen LogP contribution in [0.5, 0.6) is 0 Å². The van der Waals surface area contributed by atoms with Gasteiger partial charge in [-0.1, -0.05) is 6.92 Å². The molecular formula is C11H17F3N2O. The van der Waals surface area contributed by atoms with Gasteiger partial charge in [0.15, 0.2) is 0 Å². The highest BCUT2D eigenvalue weighted by molar-refractivity contribution is 5.81. The first kappa shape index (κ1) is 12.7. The summed E-state index contributed by atoms with van der Waals surface area (Å²) in [7, 11) is 0. The Hall–Kier alpha value is -0.780. The number of amides is 1. The summed E-state index contributed by atoms with van der Waals surface area (Å²) < 4.78 is 36.1. The van der Waals surface area contributed by atoms with Gasteiger partial charge >= 0.3 is 12.1 Å². The average molecular weight is 250 g/mol. The summed E-state index contributed by atoms with van der Waals surface area (Å²) in [6, 6.07) is -0.00347. The van der Waals surface area contributed by atoms with Crippen molar-refractivity contribution in [2.75, 3.05) is 13.1 Å². The topological polar surface area (TPSA) is 41.1 Å². The third-order valence-corrected chi connectivity index (χ3v) is 3.88. The summed E-state index contributed by atoms with van der Waals surface area (Å²) in [6.07, 6.45) is -2.59. The van der Waals surface area contributed by atoms with Crippen LogP contribution < -0.4 is 10.6 Å². The maximum atomic E-state index is 12.0. The molecule has 2 fully saturated rings. The summed E-state index contributed by atoms with van der Waals surface area (Å²) >= 11 is 0. The molecule has 0 aromatic rings. The lowest BCUT2D eigenvalue weighted by Gasteiger charge is -2.19. The normalized spacial score (nSPS) is 36.9. The van der Waals surface area contributed by atoms with Crippen molar-refractivity contribution in [2.24, 2.45) is 17.8 Å². The molecule has 1 amide bonds. The number of hydrogen-bond donors (Lipinski definition) is 2. The fourth-order valence-corrected chi connectivity index (χ4v) is 3.15. The first-order valence-corrected chi connectivity index (χ1v) is 5.96. The quantitative estimate of drug-likeness (QED) is 0.775. The minimum absolute atomic E-state index is 0.00347. The van der Waals surface area contributed by atoms with E-state index in [9.17, 15) is 18.0 Å². The van der Waals surface area contributed by atoms with Crippen LogP contribution in [0.3, 0.4) is 0 Å². The number of nitrogens with one attached hydrogen (secondary N) is 2. The molecule has 2 aliphatic rings. The minimum Gasteiger partial charge on any atom is -0.347 e. The van der Waals surface area contributed by atoms with Gasteiger partial charge in [0.25, 0.3) is 0 Å². The molecular weight excluding hydrogens is 233 g/mol. The standard InChI is InChI=1S/C11H17F3N2O/c1-6-2-7-4-15-9(8(7)3-6)5-16-10(17)11(12,13)14/h6-9,15H,2-5H2,1H3,(H,16,17)/t6?,7-,8?,9+/m0/s1. The molecule has 1 aliphatic heterocycles. The van der Waals surface area contributed by atoms with Gasteiger partial charge in [0.2, 0.25) is 0 Å². The highest BCUT2D eigenvalue weighted by Gasteiger charge is 2.43. The summed E-state index contributed by atoms with van der Waals surface area (Å²) in [5.74, 6) is -0.210. The number of alkyl halides is 3. The molecule has 17 heavy (non-hydrogen) atoms. The second kappa shape index (κ2) is 4.48. The van der Waals surface area contributed by atoms with Crippen molar-refractivity contribution in [3.8, 4) is 0 Å². The maximum absolute atomic E-state index is 12.0. The second-order valence-electron chi connectivity index (χ2n) is 5.22. The van der Waals surface area contributed by atoms with Crippen LogP contribution in [-0.4, -0.2) is 31.2 Å². The van der Waals surface area contributed by atoms with E-state index in [1.54, 1.807) is 0 Å². The molecule has 2 rings (SSSR count). The third-order valence-electron chi connectivity index (χ3n) is 3.88. The second-order valence-corrected chi connectivity index (χ2v) is 5.22. The predicted octanol–water partition coefficient (Wildman–Crippen LogP) is 1.30. The predicted molar refractivity (Wildman–Crippen MR) is 56.2 cm³/mol. The van der Waals surface area contributed by atoms with Crippen LogP contribution in [0.4, 0.5) is 13.2 Å². The van der Waals surface area contributed by atoms with E-state index in [4.69, 9.17) is 0 Å². The lowest BCUT2D eigenvalue weighted by molar-refractivity contribution is -0.173. The SMILES string of the molecule is CC1CC2[C@H](CN[C@@H]2CNC(=O)C(F)(F)F)C1. The first-order valence-electron chi connectivity index (χ1n) is 5.96. The zero-order valence-electron chi connectivity index (χ0n) is 9.68. The zero-order chi connectivity index (χ0) is 12.6. The molecule has 1 saturated heterocycles. The molecule has 0 radical (unpaired) electrons. The van der Waals surface area contributed by atoms with Crippen LogP contribution in [0.15, 0.2) is 0 Å². The number of hydrogen-bond acceptors (Lipinski definition) is 2. The van der Waals surface area contributed by atoms with Crippen LogP contribution in [-0.2, 0) is 4.79 Å². The van der Waals surface area contributed by atoms with Crippen molar-refractivity contribution >= 4 is 5.91 Å². The molecule has 1 saturated carbocycles. The largest absolute Gasteiger partial charge is 0.471 e. The maximum Gasteiger partial charge on any atom is 0.471 e. The van der Waals surface area contributed by atoms with E-state index in [0.717, 1.165) is 19.4 Å². The monoisotopic (exact) mass is 250 g/mol. The van der Waals surface area contributed by atoms with Crippen molar-refractivity contribution in [2.45, 2.75) is 32.0 Å². The Morgan fingerprint density at radius 2 is 2.12 bits per heavy atom. The van der Waals surface area contributed by atoms with Crippen LogP contribution in [0.2, 0.25) is 0 Å². The van der Waals surface area contributed by atoms with E-state index in [0.29, 0.717) is 17.8 Å². The smallest absolute Gasteiger partial charge is 0.347 e. The summed E-state index contributed by atoms with van der Waals surface area (Å²) in [4.78, 5) is 10.7. The Balaban J connectivity index is 1.83. The molecule has 0 spiro atoms. The van der Waals surface area contributed by atoms with Crippen molar-refractivity contribution in [3.05, 3.63) is 0 Å². The van der Waals surface area contributed by atoms with Crippen LogP contribution in [0, 0.1) is 17.8 Å². The van der Waals surface area contributed by atoms with Crippen molar-refractivity contribution in [1.29, 1.82) is 0 Å². The number of halogens is 3. The summed E-state index contributed by atoms with van der Waals surface area (Å²) in [5, 5.41) is 5.17. The Morgan fingerprint density at radius 1 is 1.41 bits per heavy atom. The molecule has 0 bridgehead atoms. The Labute approximate surface area is 98.1 Å². The van der Waals surface area contributed by atoms with Crippen molar-refractivity contribution in [3.63, 3.8) is 0 Å². The van der Waals surface area contributed by atoms with E-state index < -0.39 is 12.1 Å². The first-order chi connectivity index (χ1) is 7.88. The average Bonchev–Trinajstić information content (AvgIpc) is 2.72. The molecule has 0 aromatic carbocycles. The van der Waals surface area contributed by atoms with Crippen LogP contribution >= 0.6 is 0 Å². The summed E-state index contributed by atoms with van der Waals surface area (Å²) in [6.45, 7) is 3.11. The molecule has 98 valence electrons. The molecule has 2 unspecified atom stereocenters. The molecule has 0 aromatic heterocycles. The molecule has 4 atom stereocenters. The molecule has 3 nitrogen and oxygen atoms in total. The van der Waals surface area contributed by atoms with Crippen LogP contribution in [0.25, 0.3) is 0 Å². The van der Waals surface area contributed by atoms with Gasteiger partial charge in [0.1, 0.15) is 0 Å². The molecule has 2 N–H and O–H groups in total. The summed E-state index contributed by atoms with van der Waals surface area (Å²) in [5.41, 5.74) is 0. The van der Waals surface area contributed by atoms with Gasteiger partial charge in [0.05, 0.1) is 0 Å². The van der Waals surface area contributed by atoms with Gasteiger partial charge in [0, 0.05) is 12.6 Å². The van der Waals surface area contributed by atoms with E-state index in [1.807, 2.05) is 5.32 Å². The van der Waals surface area contributed by atoms with Gasteiger partial charge < -0.3 is 10.6 Å². The van der Waals surface area contributed by atoms with E-state index >= 15 is 0 Å². The lowest BCUT2D eigenvalue weighted by atomic mass is 9.94. The Bertz CT molecular complexity index is 306. The van der Waals surface area contributed by atoms with Gasteiger partial charge in [-0.3, -0.25) is 4.79 Å². The van der Waals surface area contributed by atoms with E-state index in [2.05, 4.69) is 12.2 Å².